The molecule has 0 radical (unpaired) electrons. The number of hydrogen-bond acceptors (Lipinski definition) is 3. The van der Waals surface area contributed by atoms with Gasteiger partial charge < -0.3 is 14.8 Å². The molecule has 1 N–H and O–H groups in total. The predicted molar refractivity (Wildman–Crippen MR) is 100 cm³/mol. The lowest BCUT2D eigenvalue weighted by Crippen LogP contribution is -2.31. The van der Waals surface area contributed by atoms with Gasteiger partial charge in [0.05, 0.1) is 25.4 Å². The van der Waals surface area contributed by atoms with E-state index in [1.807, 2.05) is 13.0 Å². The molecule has 3 nitrogen and oxygen atoms in total. The molecule has 1 aromatic rings. The van der Waals surface area contributed by atoms with E-state index in [1.54, 1.807) is 12.2 Å². The number of benzene rings is 1. The van der Waals surface area contributed by atoms with Crippen LogP contribution in [0.2, 0.25) is 0 Å². The van der Waals surface area contributed by atoms with Crippen molar-refractivity contribution in [2.75, 3.05) is 25.1 Å². The molecular formula is C20H29NO2. The van der Waals surface area contributed by atoms with Gasteiger partial charge in [-0.05, 0) is 51.5 Å². The summed E-state index contributed by atoms with van der Waals surface area (Å²) in [5, 5.41) is 3.50. The van der Waals surface area contributed by atoms with Crippen LogP contribution < -0.4 is 10.1 Å². The topological polar surface area (TPSA) is 30.5 Å². The number of hydrogen-bond donors (Lipinski definition) is 1. The van der Waals surface area contributed by atoms with Crippen LogP contribution in [0.25, 0.3) is 5.57 Å². The third-order valence-corrected chi connectivity index (χ3v) is 3.23. The molecule has 2 rings (SSSR count). The molecule has 0 atom stereocenters. The lowest BCUT2D eigenvalue weighted by Gasteiger charge is -2.31. The summed E-state index contributed by atoms with van der Waals surface area (Å²) in [6.07, 6.45) is 5.68. The van der Waals surface area contributed by atoms with Gasteiger partial charge in [0.25, 0.3) is 0 Å². The van der Waals surface area contributed by atoms with Gasteiger partial charge in [-0.1, -0.05) is 18.2 Å². The van der Waals surface area contributed by atoms with Crippen LogP contribution in [0, 0.1) is 0 Å². The molecule has 1 heterocycles. The van der Waals surface area contributed by atoms with Crippen LogP contribution in [0.3, 0.4) is 0 Å². The minimum absolute atomic E-state index is 0.0320. The van der Waals surface area contributed by atoms with E-state index in [0.29, 0.717) is 19.8 Å². The van der Waals surface area contributed by atoms with Crippen LogP contribution in [0.5, 0.6) is 5.75 Å². The highest BCUT2D eigenvalue weighted by molar-refractivity contribution is 5.80. The van der Waals surface area contributed by atoms with Crippen LogP contribution in [0.15, 0.2) is 49.6 Å². The molecule has 0 aliphatic carbocycles. The Labute approximate surface area is 140 Å². The molecule has 0 aromatic heterocycles. The fourth-order valence-corrected chi connectivity index (χ4v) is 2.45. The Morgan fingerprint density at radius 3 is 2.39 bits per heavy atom. The second-order valence-electron chi connectivity index (χ2n) is 5.93. The second-order valence-corrected chi connectivity index (χ2v) is 5.93. The van der Waals surface area contributed by atoms with E-state index in [2.05, 4.69) is 57.5 Å². The van der Waals surface area contributed by atoms with Gasteiger partial charge in [0.2, 0.25) is 0 Å². The first-order valence-corrected chi connectivity index (χ1v) is 7.98. The maximum Gasteiger partial charge on any atom is 0.120 e. The van der Waals surface area contributed by atoms with Crippen LogP contribution in [0.1, 0.15) is 33.3 Å². The standard InChI is InChI=1S/C14H19NO.C6H10O/c1-5-16-11-6-7-13-12(8-11)10(2)9-14(3,4)15-13;1-3-5-7-6-4-2/h6-9,15H,5H2,1-4H3;3-4H,1-2,5-6H2. The van der Waals surface area contributed by atoms with E-state index in [9.17, 15) is 0 Å². The lowest BCUT2D eigenvalue weighted by atomic mass is 9.91. The molecular weight excluding hydrogens is 286 g/mol. The fourth-order valence-electron chi connectivity index (χ4n) is 2.45. The normalized spacial score (nSPS) is 14.3. The summed E-state index contributed by atoms with van der Waals surface area (Å²) in [4.78, 5) is 0. The van der Waals surface area contributed by atoms with E-state index in [1.165, 1.54) is 16.8 Å². The smallest absolute Gasteiger partial charge is 0.120 e. The van der Waals surface area contributed by atoms with Crippen molar-refractivity contribution in [3.63, 3.8) is 0 Å². The maximum atomic E-state index is 5.52. The van der Waals surface area contributed by atoms with Crippen LogP contribution in [-0.4, -0.2) is 25.4 Å². The van der Waals surface area contributed by atoms with Crippen molar-refractivity contribution < 1.29 is 9.47 Å². The van der Waals surface area contributed by atoms with Crippen molar-refractivity contribution in [3.05, 3.63) is 55.1 Å². The predicted octanol–water partition coefficient (Wildman–Crippen LogP) is 5.07. The molecule has 0 saturated carbocycles. The first-order chi connectivity index (χ1) is 10.9. The minimum atomic E-state index is 0.0320. The van der Waals surface area contributed by atoms with Crippen molar-refractivity contribution in [1.82, 2.24) is 0 Å². The summed E-state index contributed by atoms with van der Waals surface area (Å²) in [6.45, 7) is 17.4. The quantitative estimate of drug-likeness (QED) is 0.587. The van der Waals surface area contributed by atoms with Crippen LogP contribution in [-0.2, 0) is 4.74 Å². The number of anilines is 1. The van der Waals surface area contributed by atoms with Crippen LogP contribution in [0.4, 0.5) is 5.69 Å². The number of fused-ring (bicyclic) bond motifs is 1. The minimum Gasteiger partial charge on any atom is -0.494 e. The average Bonchev–Trinajstić information content (AvgIpc) is 2.48. The molecule has 1 aliphatic heterocycles. The molecule has 0 fully saturated rings. The average molecular weight is 315 g/mol. The Bertz CT molecular complexity index is 551. The summed E-state index contributed by atoms with van der Waals surface area (Å²) in [5.74, 6) is 0.940. The molecule has 23 heavy (non-hydrogen) atoms. The molecule has 126 valence electrons. The van der Waals surface area contributed by atoms with Gasteiger partial charge in [-0.25, -0.2) is 0 Å². The van der Waals surface area contributed by atoms with Gasteiger partial charge in [0.15, 0.2) is 0 Å². The Morgan fingerprint density at radius 1 is 1.17 bits per heavy atom. The molecule has 1 aromatic carbocycles. The summed E-state index contributed by atoms with van der Waals surface area (Å²) in [7, 11) is 0. The van der Waals surface area contributed by atoms with Crippen molar-refractivity contribution >= 4 is 11.3 Å². The highest BCUT2D eigenvalue weighted by atomic mass is 16.5. The van der Waals surface area contributed by atoms with E-state index in [-0.39, 0.29) is 5.54 Å². The van der Waals surface area contributed by atoms with E-state index in [0.717, 1.165) is 5.75 Å². The Morgan fingerprint density at radius 2 is 1.83 bits per heavy atom. The first-order valence-electron chi connectivity index (χ1n) is 7.98. The summed E-state index contributed by atoms with van der Waals surface area (Å²) >= 11 is 0. The third-order valence-electron chi connectivity index (χ3n) is 3.23. The van der Waals surface area contributed by atoms with Gasteiger partial charge >= 0.3 is 0 Å². The number of allylic oxidation sites excluding steroid dienone is 1. The molecule has 0 amide bonds. The van der Waals surface area contributed by atoms with Crippen molar-refractivity contribution in [2.45, 2.75) is 33.2 Å². The van der Waals surface area contributed by atoms with Crippen molar-refractivity contribution in [3.8, 4) is 5.75 Å². The maximum absolute atomic E-state index is 5.52. The van der Waals surface area contributed by atoms with Gasteiger partial charge in [-0.15, -0.1) is 13.2 Å². The highest BCUT2D eigenvalue weighted by Crippen LogP contribution is 2.35. The van der Waals surface area contributed by atoms with E-state index < -0.39 is 0 Å². The Kier molecular flexibility index (Phi) is 7.63. The van der Waals surface area contributed by atoms with Crippen LogP contribution >= 0.6 is 0 Å². The van der Waals surface area contributed by atoms with E-state index in [4.69, 9.17) is 9.47 Å². The third kappa shape index (κ3) is 6.33. The largest absolute Gasteiger partial charge is 0.494 e. The zero-order chi connectivity index (χ0) is 17.3. The highest BCUT2D eigenvalue weighted by Gasteiger charge is 2.22. The lowest BCUT2D eigenvalue weighted by molar-refractivity contribution is 0.194. The summed E-state index contributed by atoms with van der Waals surface area (Å²) < 4.78 is 10.4. The SMILES string of the molecule is C=CCOCC=C.CCOc1ccc2c(c1)C(C)=CC(C)(C)N2. The molecule has 0 bridgehead atoms. The molecule has 0 unspecified atom stereocenters. The molecule has 3 heteroatoms. The monoisotopic (exact) mass is 315 g/mol. The fraction of sp³-hybridized carbons (Fsp3) is 0.400. The molecule has 0 saturated heterocycles. The number of nitrogens with one attached hydrogen (secondary N) is 1. The first kappa shape index (κ1) is 19.0. The summed E-state index contributed by atoms with van der Waals surface area (Å²) in [6, 6.07) is 6.22. The Balaban J connectivity index is 0.000000322. The van der Waals surface area contributed by atoms with Gasteiger partial charge in [-0.2, -0.15) is 0 Å². The molecule has 1 aliphatic rings. The summed E-state index contributed by atoms with van der Waals surface area (Å²) in [5.41, 5.74) is 3.77. The second kappa shape index (κ2) is 9.21. The molecule has 0 spiro atoms. The van der Waals surface area contributed by atoms with Crippen molar-refractivity contribution in [2.24, 2.45) is 0 Å². The zero-order valence-electron chi connectivity index (χ0n) is 14.8. The zero-order valence-corrected chi connectivity index (χ0v) is 14.8. The van der Waals surface area contributed by atoms with E-state index >= 15 is 0 Å². The van der Waals surface area contributed by atoms with Gasteiger partial charge in [-0.3, -0.25) is 0 Å². The van der Waals surface area contributed by atoms with Crippen molar-refractivity contribution in [1.29, 1.82) is 0 Å². The number of ether oxygens (including phenoxy) is 2. The van der Waals surface area contributed by atoms with Gasteiger partial charge in [0.1, 0.15) is 5.75 Å². The number of rotatable bonds is 6. The Hall–Kier alpha value is -2.00. The van der Waals surface area contributed by atoms with Gasteiger partial charge in [0, 0.05) is 11.3 Å².